The van der Waals surface area contributed by atoms with Crippen molar-refractivity contribution >= 4 is 0 Å². The summed E-state index contributed by atoms with van der Waals surface area (Å²) in [7, 11) is 0. The molecule has 0 saturated heterocycles. The lowest BCUT2D eigenvalue weighted by molar-refractivity contribution is 0.501. The Morgan fingerprint density at radius 1 is 1.40 bits per heavy atom. The van der Waals surface area contributed by atoms with Crippen LogP contribution in [0.1, 0.15) is 11.6 Å². The molecule has 0 amide bonds. The Hall–Kier alpha value is -1.75. The van der Waals surface area contributed by atoms with Crippen LogP contribution in [0.15, 0.2) is 36.9 Å². The predicted molar refractivity (Wildman–Crippen MR) is 53.4 cm³/mol. The molecular weight excluding hydrogens is 195 g/mol. The molecule has 0 bridgehead atoms. The molecule has 2 aromatic rings. The van der Waals surface area contributed by atoms with Gasteiger partial charge in [-0.2, -0.15) is 5.10 Å². The second-order valence-electron chi connectivity index (χ2n) is 3.25. The molecule has 0 aliphatic rings. The van der Waals surface area contributed by atoms with E-state index in [2.05, 4.69) is 10.1 Å². The van der Waals surface area contributed by atoms with Crippen LogP contribution >= 0.6 is 0 Å². The zero-order chi connectivity index (χ0) is 10.7. The van der Waals surface area contributed by atoms with Crippen LogP contribution in [0.3, 0.4) is 0 Å². The normalized spacial score (nSPS) is 12.7. The van der Waals surface area contributed by atoms with Crippen molar-refractivity contribution in [3.05, 3.63) is 48.3 Å². The molecule has 0 radical (unpaired) electrons. The van der Waals surface area contributed by atoms with Gasteiger partial charge in [0.25, 0.3) is 0 Å². The van der Waals surface area contributed by atoms with Gasteiger partial charge >= 0.3 is 0 Å². The number of nitrogens with zero attached hydrogens (tertiary/aromatic N) is 3. The molecule has 5 heteroatoms. The summed E-state index contributed by atoms with van der Waals surface area (Å²) in [4.78, 5) is 3.79. The summed E-state index contributed by atoms with van der Waals surface area (Å²) in [5.41, 5.74) is 6.35. The maximum Gasteiger partial charge on any atom is 0.137 e. The van der Waals surface area contributed by atoms with Crippen LogP contribution in [0.2, 0.25) is 0 Å². The molecule has 1 atom stereocenters. The number of benzene rings is 1. The number of nitrogens with two attached hydrogens (primary N) is 1. The molecule has 0 aliphatic carbocycles. The third-order valence-corrected chi connectivity index (χ3v) is 2.16. The highest BCUT2D eigenvalue weighted by Gasteiger charge is 2.11. The van der Waals surface area contributed by atoms with E-state index in [9.17, 15) is 4.39 Å². The van der Waals surface area contributed by atoms with Gasteiger partial charge in [-0.3, -0.25) is 4.68 Å². The Labute approximate surface area is 86.6 Å². The Kier molecular flexibility index (Phi) is 2.73. The van der Waals surface area contributed by atoms with E-state index >= 15 is 0 Å². The minimum absolute atomic E-state index is 0.287. The number of hydrogen-bond acceptors (Lipinski definition) is 3. The van der Waals surface area contributed by atoms with Gasteiger partial charge in [-0.05, 0) is 6.07 Å². The van der Waals surface area contributed by atoms with Crippen molar-refractivity contribution in [1.29, 1.82) is 0 Å². The molecular formula is C10H11FN4. The van der Waals surface area contributed by atoms with Gasteiger partial charge in [0, 0.05) is 5.56 Å². The highest BCUT2D eigenvalue weighted by atomic mass is 19.1. The Balaban J connectivity index is 2.15. The van der Waals surface area contributed by atoms with Crippen LogP contribution in [0.4, 0.5) is 4.39 Å². The lowest BCUT2D eigenvalue weighted by atomic mass is 10.1. The van der Waals surface area contributed by atoms with Crippen LogP contribution in [0, 0.1) is 5.82 Å². The topological polar surface area (TPSA) is 56.7 Å². The molecule has 0 fully saturated rings. The van der Waals surface area contributed by atoms with Gasteiger partial charge in [-0.25, -0.2) is 9.37 Å². The van der Waals surface area contributed by atoms with Crippen molar-refractivity contribution in [3.8, 4) is 0 Å². The first-order chi connectivity index (χ1) is 7.27. The molecule has 4 nitrogen and oxygen atoms in total. The first-order valence-corrected chi connectivity index (χ1v) is 4.60. The summed E-state index contributed by atoms with van der Waals surface area (Å²) >= 11 is 0. The van der Waals surface area contributed by atoms with E-state index < -0.39 is 6.04 Å². The van der Waals surface area contributed by atoms with Crippen molar-refractivity contribution in [1.82, 2.24) is 14.8 Å². The second-order valence-corrected chi connectivity index (χ2v) is 3.25. The molecule has 1 aromatic carbocycles. The van der Waals surface area contributed by atoms with Gasteiger partial charge in [0.05, 0.1) is 12.6 Å². The van der Waals surface area contributed by atoms with Crippen LogP contribution < -0.4 is 5.73 Å². The smallest absolute Gasteiger partial charge is 0.137 e. The van der Waals surface area contributed by atoms with E-state index in [1.165, 1.54) is 12.4 Å². The van der Waals surface area contributed by atoms with E-state index in [0.29, 0.717) is 12.1 Å². The van der Waals surface area contributed by atoms with Crippen molar-refractivity contribution in [3.63, 3.8) is 0 Å². The molecule has 0 spiro atoms. The molecule has 15 heavy (non-hydrogen) atoms. The van der Waals surface area contributed by atoms with Gasteiger partial charge in [0.2, 0.25) is 0 Å². The minimum Gasteiger partial charge on any atom is -0.322 e. The molecule has 1 heterocycles. The first-order valence-electron chi connectivity index (χ1n) is 4.60. The Bertz CT molecular complexity index is 427. The lowest BCUT2D eigenvalue weighted by Crippen LogP contribution is -2.19. The Morgan fingerprint density at radius 3 is 2.87 bits per heavy atom. The average Bonchev–Trinajstić information content (AvgIpc) is 2.71. The van der Waals surface area contributed by atoms with Crippen LogP contribution in [0.25, 0.3) is 0 Å². The molecule has 78 valence electrons. The standard InChI is InChI=1S/C10H11FN4/c11-9-4-2-1-3-8(9)10(12)5-15-7-13-6-14-15/h1-4,6-7,10H,5,12H2. The van der Waals surface area contributed by atoms with Crippen molar-refractivity contribution in [2.75, 3.05) is 0 Å². The molecule has 0 saturated carbocycles. The highest BCUT2D eigenvalue weighted by Crippen LogP contribution is 2.15. The van der Waals surface area contributed by atoms with Crippen LogP contribution in [-0.4, -0.2) is 14.8 Å². The van der Waals surface area contributed by atoms with Gasteiger partial charge in [0.15, 0.2) is 0 Å². The zero-order valence-electron chi connectivity index (χ0n) is 8.05. The average molecular weight is 206 g/mol. The number of hydrogen-bond donors (Lipinski definition) is 1. The summed E-state index contributed by atoms with van der Waals surface area (Å²) in [6.07, 6.45) is 2.98. The largest absolute Gasteiger partial charge is 0.322 e. The fourth-order valence-electron chi connectivity index (χ4n) is 1.40. The van der Waals surface area contributed by atoms with Crippen molar-refractivity contribution in [2.45, 2.75) is 12.6 Å². The maximum absolute atomic E-state index is 13.3. The van der Waals surface area contributed by atoms with Gasteiger partial charge in [0.1, 0.15) is 18.5 Å². The fraction of sp³-hybridized carbons (Fsp3) is 0.200. The highest BCUT2D eigenvalue weighted by molar-refractivity contribution is 5.20. The van der Waals surface area contributed by atoms with Crippen LogP contribution in [0.5, 0.6) is 0 Å². The summed E-state index contributed by atoms with van der Waals surface area (Å²) < 4.78 is 14.9. The molecule has 0 aliphatic heterocycles. The van der Waals surface area contributed by atoms with E-state index in [1.807, 2.05) is 0 Å². The number of halogens is 1. The summed E-state index contributed by atoms with van der Waals surface area (Å²) in [6.45, 7) is 0.418. The number of aromatic nitrogens is 3. The van der Waals surface area contributed by atoms with Gasteiger partial charge in [-0.15, -0.1) is 0 Å². The van der Waals surface area contributed by atoms with E-state index in [0.717, 1.165) is 0 Å². The third kappa shape index (κ3) is 2.19. The summed E-state index contributed by atoms with van der Waals surface area (Å²) in [5.74, 6) is -0.287. The summed E-state index contributed by atoms with van der Waals surface area (Å²) in [6, 6.07) is 6.07. The van der Waals surface area contributed by atoms with Crippen molar-refractivity contribution in [2.24, 2.45) is 5.73 Å². The molecule has 1 unspecified atom stereocenters. The molecule has 2 N–H and O–H groups in total. The fourth-order valence-corrected chi connectivity index (χ4v) is 1.40. The third-order valence-electron chi connectivity index (χ3n) is 2.16. The zero-order valence-corrected chi connectivity index (χ0v) is 8.05. The minimum atomic E-state index is -0.409. The monoisotopic (exact) mass is 206 g/mol. The van der Waals surface area contributed by atoms with Crippen molar-refractivity contribution < 1.29 is 4.39 Å². The SMILES string of the molecule is NC(Cn1cncn1)c1ccccc1F. The quantitative estimate of drug-likeness (QED) is 0.818. The number of rotatable bonds is 3. The van der Waals surface area contributed by atoms with E-state index in [4.69, 9.17) is 5.73 Å². The second kappa shape index (κ2) is 4.18. The molecule has 1 aromatic heterocycles. The Morgan fingerprint density at radius 2 is 2.20 bits per heavy atom. The van der Waals surface area contributed by atoms with Gasteiger partial charge in [-0.1, -0.05) is 18.2 Å². The van der Waals surface area contributed by atoms with E-state index in [-0.39, 0.29) is 5.82 Å². The molecule has 2 rings (SSSR count). The first kappa shape index (κ1) is 9.79. The van der Waals surface area contributed by atoms with E-state index in [1.54, 1.807) is 29.2 Å². The van der Waals surface area contributed by atoms with Crippen LogP contribution in [-0.2, 0) is 6.54 Å². The van der Waals surface area contributed by atoms with Gasteiger partial charge < -0.3 is 5.73 Å². The maximum atomic E-state index is 13.3. The predicted octanol–water partition coefficient (Wildman–Crippen LogP) is 1.12. The lowest BCUT2D eigenvalue weighted by Gasteiger charge is -2.12. The summed E-state index contributed by atoms with van der Waals surface area (Å²) in [5, 5.41) is 3.91.